The highest BCUT2D eigenvalue weighted by molar-refractivity contribution is 6.11. The van der Waals surface area contributed by atoms with Crippen molar-refractivity contribution in [2.45, 2.75) is 0 Å². The minimum atomic E-state index is -0.671. The van der Waals surface area contributed by atoms with E-state index in [1.807, 2.05) is 0 Å². The molecule has 0 amide bonds. The summed E-state index contributed by atoms with van der Waals surface area (Å²) in [5.74, 6) is -0.956. The molecule has 0 unspecified atom stereocenters. The van der Waals surface area contributed by atoms with E-state index in [4.69, 9.17) is 5.73 Å². The van der Waals surface area contributed by atoms with Crippen molar-refractivity contribution in [1.29, 1.82) is 0 Å². The third kappa shape index (κ3) is 1.54. The van der Waals surface area contributed by atoms with Crippen LogP contribution in [0.25, 0.3) is 0 Å². The van der Waals surface area contributed by atoms with Crippen LogP contribution in [0.4, 0.5) is 10.2 Å². The number of carbonyl (C=O) groups is 1. The van der Waals surface area contributed by atoms with E-state index in [2.05, 4.69) is 10.1 Å². The molecule has 2 rings (SSSR count). The number of hydrogen-bond acceptors (Lipinski definition) is 4. The van der Waals surface area contributed by atoms with Gasteiger partial charge in [-0.25, -0.2) is 4.39 Å². The SMILES string of the molecule is Cn1ncc(C(=O)c2ccncc2F)c1N. The quantitative estimate of drug-likeness (QED) is 0.758. The number of aromatic nitrogens is 3. The van der Waals surface area contributed by atoms with Crippen molar-refractivity contribution in [3.05, 3.63) is 41.6 Å². The Kier molecular flexibility index (Phi) is 2.40. The zero-order chi connectivity index (χ0) is 11.7. The van der Waals surface area contributed by atoms with Gasteiger partial charge in [0.15, 0.2) is 5.82 Å². The van der Waals surface area contributed by atoms with E-state index in [0.717, 1.165) is 6.20 Å². The summed E-state index contributed by atoms with van der Waals surface area (Å²) in [6.07, 6.45) is 3.65. The summed E-state index contributed by atoms with van der Waals surface area (Å²) < 4.78 is 14.7. The van der Waals surface area contributed by atoms with Crippen LogP contribution in [0.2, 0.25) is 0 Å². The van der Waals surface area contributed by atoms with Crippen LogP contribution < -0.4 is 5.73 Å². The smallest absolute Gasteiger partial charge is 0.201 e. The standard InChI is InChI=1S/C10H9FN4O/c1-15-10(12)7(4-14-15)9(16)6-2-3-13-5-8(6)11/h2-5H,12H2,1H3. The number of carbonyl (C=O) groups excluding carboxylic acids is 1. The molecule has 0 atom stereocenters. The lowest BCUT2D eigenvalue weighted by atomic mass is 10.1. The molecule has 16 heavy (non-hydrogen) atoms. The molecule has 0 aliphatic carbocycles. The average Bonchev–Trinajstić information content (AvgIpc) is 2.60. The maximum Gasteiger partial charge on any atom is 0.201 e. The molecule has 2 heterocycles. The van der Waals surface area contributed by atoms with Gasteiger partial charge in [0.25, 0.3) is 0 Å². The van der Waals surface area contributed by atoms with Gasteiger partial charge in [-0.2, -0.15) is 5.10 Å². The Morgan fingerprint density at radius 2 is 2.19 bits per heavy atom. The highest BCUT2D eigenvalue weighted by Gasteiger charge is 2.18. The van der Waals surface area contributed by atoms with Gasteiger partial charge in [0, 0.05) is 13.2 Å². The first-order chi connectivity index (χ1) is 7.61. The first-order valence-electron chi connectivity index (χ1n) is 4.53. The summed E-state index contributed by atoms with van der Waals surface area (Å²) in [6, 6.07) is 1.31. The first-order valence-corrected chi connectivity index (χ1v) is 4.53. The molecule has 6 heteroatoms. The van der Waals surface area contributed by atoms with Gasteiger partial charge in [-0.05, 0) is 6.07 Å². The van der Waals surface area contributed by atoms with Gasteiger partial charge >= 0.3 is 0 Å². The number of nitrogen functional groups attached to an aromatic ring is 1. The van der Waals surface area contributed by atoms with Gasteiger partial charge < -0.3 is 5.73 Å². The fourth-order valence-corrected chi connectivity index (χ4v) is 1.33. The molecule has 0 fully saturated rings. The Morgan fingerprint density at radius 3 is 2.75 bits per heavy atom. The van der Waals surface area contributed by atoms with Crippen molar-refractivity contribution >= 4 is 11.6 Å². The fraction of sp³-hybridized carbons (Fsp3) is 0.100. The summed E-state index contributed by atoms with van der Waals surface area (Å²) in [6.45, 7) is 0. The second-order valence-electron chi connectivity index (χ2n) is 3.25. The topological polar surface area (TPSA) is 73.8 Å². The predicted octanol–water partition coefficient (Wildman–Crippen LogP) is 0.767. The molecule has 0 bridgehead atoms. The summed E-state index contributed by atoms with van der Waals surface area (Å²) in [5.41, 5.74) is 5.76. The van der Waals surface area contributed by atoms with Crippen molar-refractivity contribution in [1.82, 2.24) is 14.8 Å². The lowest BCUT2D eigenvalue weighted by molar-refractivity contribution is 0.103. The van der Waals surface area contributed by atoms with Crippen LogP contribution in [-0.4, -0.2) is 20.5 Å². The Morgan fingerprint density at radius 1 is 1.44 bits per heavy atom. The predicted molar refractivity (Wildman–Crippen MR) is 55.2 cm³/mol. The van der Waals surface area contributed by atoms with E-state index >= 15 is 0 Å². The van der Waals surface area contributed by atoms with Gasteiger partial charge in [-0.15, -0.1) is 0 Å². The largest absolute Gasteiger partial charge is 0.383 e. The first kappa shape index (κ1) is 10.3. The number of halogens is 1. The number of hydrogen-bond donors (Lipinski definition) is 1. The van der Waals surface area contributed by atoms with Gasteiger partial charge in [0.2, 0.25) is 5.78 Å². The van der Waals surface area contributed by atoms with Crippen LogP contribution in [0, 0.1) is 5.82 Å². The third-order valence-corrected chi connectivity index (χ3v) is 2.25. The van der Waals surface area contributed by atoms with Crippen molar-refractivity contribution in [2.24, 2.45) is 7.05 Å². The van der Waals surface area contributed by atoms with Gasteiger partial charge in [-0.3, -0.25) is 14.5 Å². The normalized spacial score (nSPS) is 10.4. The highest BCUT2D eigenvalue weighted by Crippen LogP contribution is 2.16. The Balaban J connectivity index is 2.48. The molecule has 82 valence electrons. The minimum absolute atomic E-state index is 0.0605. The van der Waals surface area contributed by atoms with Crippen LogP contribution in [-0.2, 0) is 7.05 Å². The fourth-order valence-electron chi connectivity index (χ4n) is 1.33. The molecular weight excluding hydrogens is 211 g/mol. The average molecular weight is 220 g/mol. The molecule has 2 aromatic rings. The molecular formula is C10H9FN4O. The Labute approximate surface area is 90.7 Å². The van der Waals surface area contributed by atoms with Crippen LogP contribution >= 0.6 is 0 Å². The summed E-state index contributed by atoms with van der Waals surface area (Å²) >= 11 is 0. The maximum atomic E-state index is 13.3. The van der Waals surface area contributed by atoms with Crippen LogP contribution in [0.3, 0.4) is 0 Å². The number of rotatable bonds is 2. The van der Waals surface area contributed by atoms with Crippen molar-refractivity contribution in [3.63, 3.8) is 0 Å². The highest BCUT2D eigenvalue weighted by atomic mass is 19.1. The zero-order valence-corrected chi connectivity index (χ0v) is 8.51. The van der Waals surface area contributed by atoms with E-state index < -0.39 is 11.6 Å². The van der Waals surface area contributed by atoms with E-state index in [-0.39, 0.29) is 16.9 Å². The lowest BCUT2D eigenvalue weighted by Crippen LogP contribution is -2.08. The second-order valence-corrected chi connectivity index (χ2v) is 3.25. The van der Waals surface area contributed by atoms with Crippen LogP contribution in [0.15, 0.2) is 24.7 Å². The molecule has 0 aliphatic rings. The number of ketones is 1. The third-order valence-electron chi connectivity index (χ3n) is 2.25. The van der Waals surface area contributed by atoms with Gasteiger partial charge in [-0.1, -0.05) is 0 Å². The number of nitrogens with zero attached hydrogens (tertiary/aromatic N) is 3. The monoisotopic (exact) mass is 220 g/mol. The molecule has 0 aliphatic heterocycles. The molecule has 5 nitrogen and oxygen atoms in total. The minimum Gasteiger partial charge on any atom is -0.383 e. The second kappa shape index (κ2) is 3.73. The van der Waals surface area contributed by atoms with Crippen molar-refractivity contribution < 1.29 is 9.18 Å². The maximum absolute atomic E-state index is 13.3. The molecule has 0 saturated heterocycles. The van der Waals surface area contributed by atoms with Gasteiger partial charge in [0.1, 0.15) is 5.82 Å². The molecule has 2 aromatic heterocycles. The molecule has 0 saturated carbocycles. The van der Waals surface area contributed by atoms with Crippen LogP contribution in [0.5, 0.6) is 0 Å². The van der Waals surface area contributed by atoms with E-state index in [1.165, 1.54) is 23.1 Å². The lowest BCUT2D eigenvalue weighted by Gasteiger charge is -2.01. The number of aryl methyl sites for hydroxylation is 1. The number of anilines is 1. The van der Waals surface area contributed by atoms with Crippen LogP contribution in [0.1, 0.15) is 15.9 Å². The van der Waals surface area contributed by atoms with Crippen molar-refractivity contribution in [2.75, 3.05) is 5.73 Å². The Bertz CT molecular complexity index is 550. The molecule has 0 aromatic carbocycles. The van der Waals surface area contributed by atoms with Gasteiger partial charge in [0.05, 0.1) is 23.5 Å². The summed E-state index contributed by atoms with van der Waals surface area (Å²) in [4.78, 5) is 15.5. The van der Waals surface area contributed by atoms with E-state index in [9.17, 15) is 9.18 Å². The summed E-state index contributed by atoms with van der Waals surface area (Å²) in [5, 5.41) is 3.83. The molecule has 0 radical (unpaired) electrons. The number of nitrogens with two attached hydrogens (primary N) is 1. The number of pyridine rings is 1. The van der Waals surface area contributed by atoms with Crippen molar-refractivity contribution in [3.8, 4) is 0 Å². The molecule has 2 N–H and O–H groups in total. The van der Waals surface area contributed by atoms with E-state index in [1.54, 1.807) is 7.05 Å². The molecule has 0 spiro atoms. The Hall–Kier alpha value is -2.24. The summed E-state index contributed by atoms with van der Waals surface area (Å²) in [7, 11) is 1.61. The zero-order valence-electron chi connectivity index (χ0n) is 8.51. The van der Waals surface area contributed by atoms with E-state index in [0.29, 0.717) is 0 Å².